The van der Waals surface area contributed by atoms with Gasteiger partial charge < -0.3 is 16.1 Å². The summed E-state index contributed by atoms with van der Waals surface area (Å²) < 4.78 is 36.4. The van der Waals surface area contributed by atoms with Gasteiger partial charge in [-0.2, -0.15) is 20.3 Å². The first kappa shape index (κ1) is 24.4. The molecule has 29 heavy (non-hydrogen) atoms. The fraction of sp³-hybridized carbons (Fsp3) is 0.952. The average Bonchev–Trinajstić information content (AvgIpc) is 2.91. The molecule has 4 aliphatic rings. The summed E-state index contributed by atoms with van der Waals surface area (Å²) >= 11 is 0. The molecule has 0 amide bonds. The Morgan fingerprint density at radius 1 is 1.07 bits per heavy atom. The number of aliphatic hydroxyl groups is 2. The normalized spacial score (nSPS) is 47.3. The first-order valence-electron chi connectivity index (χ1n) is 10.8. The number of fused-ring (bicyclic) bond motifs is 5. The average molecular weight is 439 g/mol. The van der Waals surface area contributed by atoms with E-state index in [9.17, 15) is 18.6 Å². The standard InChI is InChI=1S/C21H35O6S.Na/c1-19-10-8-14(22)12-13(19)4-5-15-16-6-7-18(20(16,2)11-9-17(15)19)21(3,23)27-28(24,25)26;/h14-18,22-23H,4-12H2,1-3H3,(H,24,25,26);/q-1;+1/t14-,15-,16-,17-,18-,19-,20-,21+;/m0./s1. The van der Waals surface area contributed by atoms with Crippen LogP contribution in [0.5, 0.6) is 0 Å². The van der Waals surface area contributed by atoms with E-state index in [0.717, 1.165) is 51.4 Å². The molecule has 8 heteroatoms. The van der Waals surface area contributed by atoms with Crippen molar-refractivity contribution in [3.05, 3.63) is 5.92 Å². The Bertz CT molecular complexity index is 727. The van der Waals surface area contributed by atoms with E-state index in [1.54, 1.807) is 5.92 Å². The molecular formula is C21H35NaO6S. The van der Waals surface area contributed by atoms with Gasteiger partial charge >= 0.3 is 40.0 Å². The molecular weight excluding hydrogens is 403 g/mol. The van der Waals surface area contributed by atoms with Gasteiger partial charge in [0, 0.05) is 12.0 Å². The van der Waals surface area contributed by atoms with E-state index >= 15 is 0 Å². The molecule has 0 aromatic rings. The Hall–Kier alpha value is 0.790. The van der Waals surface area contributed by atoms with E-state index < -0.39 is 16.2 Å². The van der Waals surface area contributed by atoms with E-state index in [1.807, 2.05) is 0 Å². The molecule has 8 atom stereocenters. The van der Waals surface area contributed by atoms with E-state index in [0.29, 0.717) is 24.2 Å². The number of hydrogen-bond donors (Lipinski definition) is 3. The zero-order chi connectivity index (χ0) is 20.5. The Morgan fingerprint density at radius 2 is 1.76 bits per heavy atom. The molecule has 0 bridgehead atoms. The van der Waals surface area contributed by atoms with E-state index in [-0.39, 0.29) is 52.4 Å². The van der Waals surface area contributed by atoms with Crippen LogP contribution in [0.1, 0.15) is 78.6 Å². The SMILES string of the molecule is C[C@]12CC[C@H]3[C@@H](CC[C-]4C[C@@H](O)CC[C@@]43C)[C@@H]1CC[C@@H]2[C@](C)(O)OS(=O)(=O)O.[Na+]. The van der Waals surface area contributed by atoms with Gasteiger partial charge in [0.15, 0.2) is 5.79 Å². The first-order chi connectivity index (χ1) is 12.9. The van der Waals surface area contributed by atoms with Gasteiger partial charge in [-0.25, -0.2) is 4.18 Å². The number of aliphatic hydroxyl groups excluding tert-OH is 1. The molecule has 0 aromatic carbocycles. The maximum atomic E-state index is 11.3. The largest absolute Gasteiger partial charge is 1.00 e. The molecule has 0 saturated heterocycles. The predicted molar refractivity (Wildman–Crippen MR) is 104 cm³/mol. The second kappa shape index (κ2) is 7.98. The summed E-state index contributed by atoms with van der Waals surface area (Å²) in [5.74, 6) is 0.932. The van der Waals surface area contributed by atoms with Crippen molar-refractivity contribution >= 4 is 10.4 Å². The fourth-order valence-electron chi connectivity index (χ4n) is 8.07. The maximum Gasteiger partial charge on any atom is 1.00 e. The molecule has 4 fully saturated rings. The Kier molecular flexibility index (Phi) is 6.72. The molecule has 4 saturated carbocycles. The molecule has 3 N–H and O–H groups in total. The molecule has 162 valence electrons. The van der Waals surface area contributed by atoms with E-state index in [1.165, 1.54) is 6.92 Å². The van der Waals surface area contributed by atoms with Crippen molar-refractivity contribution in [3.63, 3.8) is 0 Å². The van der Waals surface area contributed by atoms with Crippen molar-refractivity contribution in [2.45, 2.75) is 90.4 Å². The van der Waals surface area contributed by atoms with Crippen molar-refractivity contribution in [1.82, 2.24) is 0 Å². The van der Waals surface area contributed by atoms with Crippen LogP contribution in [0.25, 0.3) is 0 Å². The predicted octanol–water partition coefficient (Wildman–Crippen LogP) is 0.496. The number of hydrogen-bond acceptors (Lipinski definition) is 5. The third-order valence-electron chi connectivity index (χ3n) is 9.24. The van der Waals surface area contributed by atoms with Crippen LogP contribution in [-0.4, -0.2) is 35.1 Å². The summed E-state index contributed by atoms with van der Waals surface area (Å²) in [6, 6.07) is 0. The van der Waals surface area contributed by atoms with Crippen molar-refractivity contribution < 1.29 is 56.9 Å². The summed E-state index contributed by atoms with van der Waals surface area (Å²) in [5.41, 5.74) is 0.00637. The molecule has 0 aromatic heterocycles. The molecule has 6 nitrogen and oxygen atoms in total. The first-order valence-corrected chi connectivity index (χ1v) is 12.2. The van der Waals surface area contributed by atoms with Crippen molar-refractivity contribution in [2.24, 2.45) is 34.5 Å². The van der Waals surface area contributed by atoms with Crippen LogP contribution in [0.2, 0.25) is 0 Å². The summed E-state index contributed by atoms with van der Waals surface area (Å²) in [4.78, 5) is 0. The van der Waals surface area contributed by atoms with Crippen molar-refractivity contribution in [3.8, 4) is 0 Å². The minimum atomic E-state index is -4.72. The van der Waals surface area contributed by atoms with Crippen LogP contribution >= 0.6 is 0 Å². The van der Waals surface area contributed by atoms with Gasteiger partial charge in [0.2, 0.25) is 0 Å². The van der Waals surface area contributed by atoms with Gasteiger partial charge in [0.1, 0.15) is 0 Å². The summed E-state index contributed by atoms with van der Waals surface area (Å²) in [6.45, 7) is 5.96. The van der Waals surface area contributed by atoms with Crippen LogP contribution < -0.4 is 29.6 Å². The van der Waals surface area contributed by atoms with Crippen LogP contribution in [0.4, 0.5) is 0 Å². The Balaban J connectivity index is 0.00000240. The van der Waals surface area contributed by atoms with Crippen LogP contribution in [0.15, 0.2) is 0 Å². The van der Waals surface area contributed by atoms with Crippen LogP contribution in [-0.2, 0) is 14.6 Å². The van der Waals surface area contributed by atoms with Gasteiger partial charge in [-0.1, -0.05) is 39.0 Å². The summed E-state index contributed by atoms with van der Waals surface area (Å²) in [5, 5.41) is 21.0. The topological polar surface area (TPSA) is 104 Å². The van der Waals surface area contributed by atoms with Crippen LogP contribution in [0.3, 0.4) is 0 Å². The van der Waals surface area contributed by atoms with Gasteiger partial charge in [-0.05, 0) is 49.9 Å². The summed E-state index contributed by atoms with van der Waals surface area (Å²) in [7, 11) is -4.72. The smallest absolute Gasteiger partial charge is 0.396 e. The molecule has 0 heterocycles. The van der Waals surface area contributed by atoms with Gasteiger partial charge in [-0.15, -0.1) is 6.42 Å². The molecule has 0 aliphatic heterocycles. The summed E-state index contributed by atoms with van der Waals surface area (Å²) in [6.07, 6.45) is 8.46. The van der Waals surface area contributed by atoms with E-state index in [2.05, 4.69) is 13.8 Å². The third-order valence-corrected chi connectivity index (χ3v) is 9.79. The molecule has 0 spiro atoms. The van der Waals surface area contributed by atoms with Crippen molar-refractivity contribution in [2.75, 3.05) is 0 Å². The molecule has 4 aliphatic carbocycles. The third kappa shape index (κ3) is 4.12. The van der Waals surface area contributed by atoms with Gasteiger partial charge in [0.25, 0.3) is 0 Å². The molecule has 0 unspecified atom stereocenters. The molecule has 0 radical (unpaired) electrons. The maximum absolute atomic E-state index is 11.3. The second-order valence-corrected chi connectivity index (χ2v) is 11.6. The van der Waals surface area contributed by atoms with Gasteiger partial charge in [-0.3, -0.25) is 4.55 Å². The van der Waals surface area contributed by atoms with Gasteiger partial charge in [0.05, 0.1) is 0 Å². The Labute approximate surface area is 197 Å². The zero-order valence-corrected chi connectivity index (χ0v) is 21.0. The second-order valence-electron chi connectivity index (χ2n) is 10.6. The fourth-order valence-corrected chi connectivity index (χ4v) is 8.61. The minimum Gasteiger partial charge on any atom is -0.396 e. The van der Waals surface area contributed by atoms with Crippen LogP contribution in [0, 0.1) is 40.4 Å². The molecule has 4 rings (SSSR count). The van der Waals surface area contributed by atoms with E-state index in [4.69, 9.17) is 8.74 Å². The zero-order valence-electron chi connectivity index (χ0n) is 18.2. The monoisotopic (exact) mass is 438 g/mol. The Morgan fingerprint density at radius 3 is 2.41 bits per heavy atom. The minimum absolute atomic E-state index is 0. The number of rotatable bonds is 3. The quantitative estimate of drug-likeness (QED) is 0.257. The van der Waals surface area contributed by atoms with Crippen molar-refractivity contribution in [1.29, 1.82) is 0 Å².